The number of thiophene rings is 1. The largest absolute Gasteiger partial charge is 0.497 e. The molecule has 1 aromatic heterocycles. The summed E-state index contributed by atoms with van der Waals surface area (Å²) in [7, 11) is 1.66. The molecule has 25 heavy (non-hydrogen) atoms. The lowest BCUT2D eigenvalue weighted by atomic mass is 9.91. The lowest BCUT2D eigenvalue weighted by Gasteiger charge is -2.16. The van der Waals surface area contributed by atoms with Crippen LogP contribution in [-0.4, -0.2) is 25.5 Å². The zero-order chi connectivity index (χ0) is 18.2. The summed E-state index contributed by atoms with van der Waals surface area (Å²) < 4.78 is 10.5. The second-order valence-electron chi connectivity index (χ2n) is 7.24. The monoisotopic (exact) mass is 358 g/mol. The van der Waals surface area contributed by atoms with E-state index >= 15 is 0 Å². The number of esters is 1. The normalized spacial score (nSPS) is 13.0. The highest BCUT2D eigenvalue weighted by molar-refractivity contribution is 7.17. The zero-order valence-electron chi connectivity index (χ0n) is 15.0. The number of methoxy groups -OCH3 is 1. The first-order valence-corrected chi connectivity index (χ1v) is 9.11. The zero-order valence-corrected chi connectivity index (χ0v) is 15.8. The highest BCUT2D eigenvalue weighted by Crippen LogP contribution is 2.41. The Kier molecular flexibility index (Phi) is 4.69. The van der Waals surface area contributed by atoms with Crippen molar-refractivity contribution in [2.45, 2.75) is 33.6 Å². The van der Waals surface area contributed by atoms with Crippen LogP contribution in [0.4, 0.5) is 0 Å². The number of carbonyl (C=O) groups is 2. The van der Waals surface area contributed by atoms with Crippen molar-refractivity contribution in [1.82, 2.24) is 0 Å². The van der Waals surface area contributed by atoms with Gasteiger partial charge in [-0.3, -0.25) is 4.79 Å². The molecule has 0 bridgehead atoms. The number of aryl methyl sites for hydroxylation is 2. The average Bonchev–Trinajstić information content (AvgIpc) is 3.02. The summed E-state index contributed by atoms with van der Waals surface area (Å²) in [6.07, 6.45) is 1.81. The number of carbonyl (C=O) groups excluding carboxylic acids is 2. The smallest absolute Gasteiger partial charge is 0.348 e. The van der Waals surface area contributed by atoms with E-state index in [9.17, 15) is 9.59 Å². The minimum Gasteiger partial charge on any atom is -0.497 e. The van der Waals surface area contributed by atoms with E-state index in [1.165, 1.54) is 16.9 Å². The molecule has 0 unspecified atom stereocenters. The van der Waals surface area contributed by atoms with E-state index < -0.39 is 11.4 Å². The lowest BCUT2D eigenvalue weighted by molar-refractivity contribution is -0.129. The van der Waals surface area contributed by atoms with Crippen molar-refractivity contribution >= 4 is 23.1 Å². The van der Waals surface area contributed by atoms with Crippen molar-refractivity contribution in [3.8, 4) is 16.2 Å². The van der Waals surface area contributed by atoms with E-state index in [-0.39, 0.29) is 12.4 Å². The topological polar surface area (TPSA) is 52.6 Å². The Morgan fingerprint density at radius 1 is 1.12 bits per heavy atom. The van der Waals surface area contributed by atoms with Gasteiger partial charge in [-0.1, -0.05) is 20.8 Å². The van der Waals surface area contributed by atoms with E-state index in [0.29, 0.717) is 4.88 Å². The molecule has 1 heterocycles. The summed E-state index contributed by atoms with van der Waals surface area (Å²) in [6.45, 7) is 5.27. The summed E-state index contributed by atoms with van der Waals surface area (Å²) >= 11 is 1.43. The predicted octanol–water partition coefficient (Wildman–Crippen LogP) is 4.29. The van der Waals surface area contributed by atoms with Gasteiger partial charge in [0.1, 0.15) is 10.6 Å². The van der Waals surface area contributed by atoms with E-state index in [1.807, 2.05) is 39.0 Å². The number of benzene rings is 1. The van der Waals surface area contributed by atoms with Gasteiger partial charge in [-0.15, -0.1) is 11.3 Å². The molecular formula is C20H22O4S. The van der Waals surface area contributed by atoms with Crippen LogP contribution in [0.5, 0.6) is 5.75 Å². The van der Waals surface area contributed by atoms with Gasteiger partial charge >= 0.3 is 5.97 Å². The Balaban J connectivity index is 1.79. The van der Waals surface area contributed by atoms with Gasteiger partial charge < -0.3 is 9.47 Å². The SMILES string of the molecule is COc1ccc2c(c1)CCc1cc(C(=O)OCC(=O)C(C)(C)C)sc1-2. The maximum atomic E-state index is 12.3. The first-order chi connectivity index (χ1) is 11.8. The van der Waals surface area contributed by atoms with Crippen molar-refractivity contribution in [2.75, 3.05) is 13.7 Å². The number of hydrogen-bond donors (Lipinski definition) is 0. The number of hydrogen-bond acceptors (Lipinski definition) is 5. The van der Waals surface area contributed by atoms with Crippen molar-refractivity contribution in [3.63, 3.8) is 0 Å². The quantitative estimate of drug-likeness (QED) is 0.765. The van der Waals surface area contributed by atoms with Gasteiger partial charge in [0.25, 0.3) is 0 Å². The van der Waals surface area contributed by atoms with Gasteiger partial charge in [0.15, 0.2) is 12.4 Å². The molecule has 0 spiro atoms. The summed E-state index contributed by atoms with van der Waals surface area (Å²) in [5.41, 5.74) is 3.04. The van der Waals surface area contributed by atoms with Crippen molar-refractivity contribution < 1.29 is 19.1 Å². The van der Waals surface area contributed by atoms with Gasteiger partial charge in [-0.25, -0.2) is 4.79 Å². The van der Waals surface area contributed by atoms with Crippen LogP contribution in [-0.2, 0) is 22.4 Å². The molecule has 0 fully saturated rings. The minimum absolute atomic E-state index is 0.0837. The Bertz CT molecular complexity index is 827. The van der Waals surface area contributed by atoms with Crippen LogP contribution in [0.15, 0.2) is 24.3 Å². The molecule has 2 aromatic rings. The Morgan fingerprint density at radius 2 is 1.84 bits per heavy atom. The van der Waals surface area contributed by atoms with E-state index in [4.69, 9.17) is 9.47 Å². The van der Waals surface area contributed by atoms with Gasteiger partial charge in [0.2, 0.25) is 0 Å². The standard InChI is InChI=1S/C20H22O4S/c1-20(2,3)17(21)11-24-19(22)16-10-13-6-5-12-9-14(23-4)7-8-15(12)18(13)25-16/h7-10H,5-6,11H2,1-4H3. The van der Waals surface area contributed by atoms with Crippen LogP contribution in [0.25, 0.3) is 10.4 Å². The molecule has 0 N–H and O–H groups in total. The van der Waals surface area contributed by atoms with Crippen molar-refractivity contribution in [3.05, 3.63) is 40.3 Å². The second-order valence-corrected chi connectivity index (χ2v) is 8.29. The summed E-state index contributed by atoms with van der Waals surface area (Å²) in [4.78, 5) is 25.9. The first-order valence-electron chi connectivity index (χ1n) is 8.30. The number of fused-ring (bicyclic) bond motifs is 3. The molecule has 1 aliphatic carbocycles. The van der Waals surface area contributed by atoms with Gasteiger partial charge in [0, 0.05) is 10.3 Å². The number of rotatable bonds is 4. The van der Waals surface area contributed by atoms with Crippen LogP contribution in [0.2, 0.25) is 0 Å². The van der Waals surface area contributed by atoms with Crippen LogP contribution >= 0.6 is 11.3 Å². The fourth-order valence-corrected chi connectivity index (χ4v) is 3.92. The first kappa shape index (κ1) is 17.7. The van der Waals surface area contributed by atoms with Gasteiger partial charge in [-0.2, -0.15) is 0 Å². The highest BCUT2D eigenvalue weighted by Gasteiger charge is 2.25. The van der Waals surface area contributed by atoms with Crippen LogP contribution < -0.4 is 4.74 Å². The van der Waals surface area contributed by atoms with Crippen LogP contribution in [0, 0.1) is 5.41 Å². The third kappa shape index (κ3) is 3.61. The van der Waals surface area contributed by atoms with Gasteiger partial charge in [0.05, 0.1) is 7.11 Å². The molecule has 0 amide bonds. The fourth-order valence-electron chi connectivity index (χ4n) is 2.76. The van der Waals surface area contributed by atoms with Gasteiger partial charge in [-0.05, 0) is 53.8 Å². The molecule has 4 nitrogen and oxygen atoms in total. The Morgan fingerprint density at radius 3 is 2.52 bits per heavy atom. The van der Waals surface area contributed by atoms with E-state index in [2.05, 4.69) is 6.07 Å². The second kappa shape index (κ2) is 6.64. The van der Waals surface area contributed by atoms with Crippen molar-refractivity contribution in [2.24, 2.45) is 5.41 Å². The molecule has 0 atom stereocenters. The minimum atomic E-state index is -0.507. The lowest BCUT2D eigenvalue weighted by Crippen LogP contribution is -2.26. The third-order valence-electron chi connectivity index (χ3n) is 4.40. The maximum absolute atomic E-state index is 12.3. The molecular weight excluding hydrogens is 336 g/mol. The average molecular weight is 358 g/mol. The van der Waals surface area contributed by atoms with Crippen LogP contribution in [0.1, 0.15) is 41.6 Å². The predicted molar refractivity (Wildman–Crippen MR) is 98.5 cm³/mol. The molecule has 3 rings (SSSR count). The Hall–Kier alpha value is -2.14. The number of ketones is 1. The Labute approximate surface area is 151 Å². The molecule has 0 aliphatic heterocycles. The van der Waals surface area contributed by atoms with E-state index in [0.717, 1.165) is 34.6 Å². The molecule has 132 valence electrons. The molecule has 0 saturated heterocycles. The molecule has 1 aliphatic rings. The third-order valence-corrected chi connectivity index (χ3v) is 5.59. The van der Waals surface area contributed by atoms with Crippen molar-refractivity contribution in [1.29, 1.82) is 0 Å². The molecule has 1 aromatic carbocycles. The fraction of sp³-hybridized carbons (Fsp3) is 0.400. The maximum Gasteiger partial charge on any atom is 0.348 e. The van der Waals surface area contributed by atoms with Crippen LogP contribution in [0.3, 0.4) is 0 Å². The molecule has 0 saturated carbocycles. The molecule has 0 radical (unpaired) electrons. The van der Waals surface area contributed by atoms with E-state index in [1.54, 1.807) is 7.11 Å². The number of Topliss-reactive ketones (excluding diaryl/α,β-unsaturated/α-hetero) is 1. The summed E-state index contributed by atoms with van der Waals surface area (Å²) in [5.74, 6) is 0.339. The molecule has 5 heteroatoms. The number of ether oxygens (including phenoxy) is 2. The highest BCUT2D eigenvalue weighted by atomic mass is 32.1. The summed E-state index contributed by atoms with van der Waals surface area (Å²) in [5, 5.41) is 0. The summed E-state index contributed by atoms with van der Waals surface area (Å²) in [6, 6.07) is 7.93.